The third-order valence-electron chi connectivity index (χ3n) is 2.72. The average Bonchev–Trinajstić information content (AvgIpc) is 2.37. The standard InChI is InChI=1S/C13H15BrN4/c1-8-7-16-13(15-3)18-12(8)17-11-6-4-5-10(14)9(11)2/h4-7H,1-3H3,(H2,15,16,17,18). The summed E-state index contributed by atoms with van der Waals surface area (Å²) in [5.74, 6) is 1.42. The number of rotatable bonds is 3. The topological polar surface area (TPSA) is 49.8 Å². The van der Waals surface area contributed by atoms with E-state index in [9.17, 15) is 0 Å². The highest BCUT2D eigenvalue weighted by Gasteiger charge is 2.06. The fraction of sp³-hybridized carbons (Fsp3) is 0.231. The molecular weight excluding hydrogens is 292 g/mol. The molecule has 4 nitrogen and oxygen atoms in total. The van der Waals surface area contributed by atoms with Crippen LogP contribution in [0.25, 0.3) is 0 Å². The van der Waals surface area contributed by atoms with Crippen molar-refractivity contribution in [1.82, 2.24) is 9.97 Å². The van der Waals surface area contributed by atoms with Gasteiger partial charge in [0.15, 0.2) is 0 Å². The number of anilines is 3. The molecule has 18 heavy (non-hydrogen) atoms. The van der Waals surface area contributed by atoms with E-state index in [1.54, 1.807) is 13.2 Å². The highest BCUT2D eigenvalue weighted by Crippen LogP contribution is 2.27. The van der Waals surface area contributed by atoms with Crippen LogP contribution in [0, 0.1) is 13.8 Å². The average molecular weight is 307 g/mol. The zero-order valence-corrected chi connectivity index (χ0v) is 12.2. The van der Waals surface area contributed by atoms with E-state index in [-0.39, 0.29) is 0 Å². The van der Waals surface area contributed by atoms with Crippen LogP contribution < -0.4 is 10.6 Å². The van der Waals surface area contributed by atoms with E-state index >= 15 is 0 Å². The van der Waals surface area contributed by atoms with Crippen molar-refractivity contribution in [2.45, 2.75) is 13.8 Å². The minimum Gasteiger partial charge on any atom is -0.357 e. The third kappa shape index (κ3) is 2.61. The van der Waals surface area contributed by atoms with Gasteiger partial charge in [-0.3, -0.25) is 0 Å². The number of benzene rings is 1. The maximum Gasteiger partial charge on any atom is 0.224 e. The van der Waals surface area contributed by atoms with Crippen LogP contribution in [0.4, 0.5) is 17.5 Å². The van der Waals surface area contributed by atoms with Crippen molar-refractivity contribution >= 4 is 33.4 Å². The second-order valence-electron chi connectivity index (χ2n) is 4.01. The van der Waals surface area contributed by atoms with Gasteiger partial charge in [-0.1, -0.05) is 22.0 Å². The summed E-state index contributed by atoms with van der Waals surface area (Å²) < 4.78 is 1.08. The lowest BCUT2D eigenvalue weighted by Gasteiger charge is -2.12. The number of nitrogens with zero attached hydrogens (tertiary/aromatic N) is 2. The highest BCUT2D eigenvalue weighted by atomic mass is 79.9. The van der Waals surface area contributed by atoms with Gasteiger partial charge in [0.1, 0.15) is 5.82 Å². The molecule has 0 spiro atoms. The maximum atomic E-state index is 4.41. The minimum atomic E-state index is 0.607. The van der Waals surface area contributed by atoms with Crippen molar-refractivity contribution in [2.24, 2.45) is 0 Å². The van der Waals surface area contributed by atoms with Gasteiger partial charge in [-0.2, -0.15) is 4.98 Å². The molecule has 0 fully saturated rings. The SMILES string of the molecule is CNc1ncc(C)c(Nc2cccc(Br)c2C)n1. The summed E-state index contributed by atoms with van der Waals surface area (Å²) in [7, 11) is 1.80. The number of nitrogens with one attached hydrogen (secondary N) is 2. The summed E-state index contributed by atoms with van der Waals surface area (Å²) in [5.41, 5.74) is 3.20. The van der Waals surface area contributed by atoms with Crippen LogP contribution in [0.2, 0.25) is 0 Å². The van der Waals surface area contributed by atoms with Crippen molar-refractivity contribution in [3.63, 3.8) is 0 Å². The van der Waals surface area contributed by atoms with Crippen LogP contribution >= 0.6 is 15.9 Å². The van der Waals surface area contributed by atoms with E-state index in [0.29, 0.717) is 5.95 Å². The smallest absolute Gasteiger partial charge is 0.224 e. The molecule has 0 aliphatic rings. The predicted molar refractivity (Wildman–Crippen MR) is 78.5 cm³/mol. The first kappa shape index (κ1) is 12.8. The van der Waals surface area contributed by atoms with Crippen LogP contribution in [0.1, 0.15) is 11.1 Å². The van der Waals surface area contributed by atoms with Gasteiger partial charge in [0.2, 0.25) is 5.95 Å². The third-order valence-corrected chi connectivity index (χ3v) is 3.58. The van der Waals surface area contributed by atoms with Gasteiger partial charge in [0.25, 0.3) is 0 Å². The molecule has 5 heteroatoms. The molecule has 94 valence electrons. The molecule has 0 aliphatic heterocycles. The van der Waals surface area contributed by atoms with Gasteiger partial charge >= 0.3 is 0 Å². The van der Waals surface area contributed by atoms with E-state index in [0.717, 1.165) is 27.1 Å². The van der Waals surface area contributed by atoms with Crippen LogP contribution in [0.5, 0.6) is 0 Å². The van der Waals surface area contributed by atoms with Gasteiger partial charge in [-0.05, 0) is 31.5 Å². The number of hydrogen-bond acceptors (Lipinski definition) is 4. The first-order valence-electron chi connectivity index (χ1n) is 5.65. The summed E-state index contributed by atoms with van der Waals surface area (Å²) in [4.78, 5) is 8.58. The van der Waals surface area contributed by atoms with E-state index in [2.05, 4.69) is 43.5 Å². The molecular formula is C13H15BrN4. The Balaban J connectivity index is 2.36. The predicted octanol–water partition coefficient (Wildman–Crippen LogP) is 3.64. The molecule has 0 aliphatic carbocycles. The molecule has 0 saturated heterocycles. The Hall–Kier alpha value is -1.62. The molecule has 1 aromatic heterocycles. The van der Waals surface area contributed by atoms with Crippen molar-refractivity contribution in [3.8, 4) is 0 Å². The summed E-state index contributed by atoms with van der Waals surface area (Å²) in [6.07, 6.45) is 1.80. The summed E-state index contributed by atoms with van der Waals surface area (Å²) in [6, 6.07) is 6.04. The Bertz CT molecular complexity index is 569. The van der Waals surface area contributed by atoms with Gasteiger partial charge < -0.3 is 10.6 Å². The Morgan fingerprint density at radius 3 is 2.72 bits per heavy atom. The molecule has 1 aromatic carbocycles. The van der Waals surface area contributed by atoms with Crippen LogP contribution in [-0.4, -0.2) is 17.0 Å². The van der Waals surface area contributed by atoms with Crippen LogP contribution in [0.3, 0.4) is 0 Å². The van der Waals surface area contributed by atoms with Crippen molar-refractivity contribution in [3.05, 3.63) is 40.0 Å². The Labute approximate surface area is 115 Å². The maximum absolute atomic E-state index is 4.41. The molecule has 0 saturated carbocycles. The van der Waals surface area contributed by atoms with Crippen molar-refractivity contribution < 1.29 is 0 Å². The van der Waals surface area contributed by atoms with Gasteiger partial charge in [-0.15, -0.1) is 0 Å². The van der Waals surface area contributed by atoms with E-state index in [1.165, 1.54) is 0 Å². The molecule has 0 radical (unpaired) electrons. The number of hydrogen-bond donors (Lipinski definition) is 2. The van der Waals surface area contributed by atoms with Gasteiger partial charge in [0.05, 0.1) is 0 Å². The lowest BCUT2D eigenvalue weighted by Crippen LogP contribution is -2.03. The molecule has 2 rings (SSSR count). The van der Waals surface area contributed by atoms with Gasteiger partial charge in [-0.25, -0.2) is 4.98 Å². The molecule has 0 bridgehead atoms. The van der Waals surface area contributed by atoms with Crippen molar-refractivity contribution in [2.75, 3.05) is 17.7 Å². The molecule has 0 unspecified atom stereocenters. The number of halogens is 1. The molecule has 0 atom stereocenters. The monoisotopic (exact) mass is 306 g/mol. The second kappa shape index (κ2) is 5.35. The molecule has 0 amide bonds. The molecule has 2 aromatic rings. The Morgan fingerprint density at radius 1 is 1.22 bits per heavy atom. The number of aryl methyl sites for hydroxylation is 1. The summed E-state index contributed by atoms with van der Waals surface area (Å²) >= 11 is 3.52. The Kier molecular flexibility index (Phi) is 3.81. The number of aromatic nitrogens is 2. The lowest BCUT2D eigenvalue weighted by atomic mass is 10.2. The van der Waals surface area contributed by atoms with Crippen LogP contribution in [-0.2, 0) is 0 Å². The van der Waals surface area contributed by atoms with Crippen LogP contribution in [0.15, 0.2) is 28.9 Å². The van der Waals surface area contributed by atoms with E-state index < -0.39 is 0 Å². The fourth-order valence-electron chi connectivity index (χ4n) is 1.56. The first-order valence-corrected chi connectivity index (χ1v) is 6.44. The minimum absolute atomic E-state index is 0.607. The summed E-state index contributed by atoms with van der Waals surface area (Å²) in [5, 5.41) is 6.27. The Morgan fingerprint density at radius 2 is 2.00 bits per heavy atom. The largest absolute Gasteiger partial charge is 0.357 e. The van der Waals surface area contributed by atoms with E-state index in [1.807, 2.05) is 25.1 Å². The van der Waals surface area contributed by atoms with E-state index in [4.69, 9.17) is 0 Å². The molecule has 2 N–H and O–H groups in total. The highest BCUT2D eigenvalue weighted by molar-refractivity contribution is 9.10. The zero-order valence-electron chi connectivity index (χ0n) is 10.6. The first-order chi connectivity index (χ1) is 8.61. The zero-order chi connectivity index (χ0) is 13.1. The summed E-state index contributed by atoms with van der Waals surface area (Å²) in [6.45, 7) is 4.04. The molecule has 1 heterocycles. The lowest BCUT2D eigenvalue weighted by molar-refractivity contribution is 1.12. The fourth-order valence-corrected chi connectivity index (χ4v) is 1.93. The quantitative estimate of drug-likeness (QED) is 0.909. The second-order valence-corrected chi connectivity index (χ2v) is 4.87. The van der Waals surface area contributed by atoms with Gasteiger partial charge in [0, 0.05) is 29.0 Å². The van der Waals surface area contributed by atoms with Crippen molar-refractivity contribution in [1.29, 1.82) is 0 Å². The normalized spacial score (nSPS) is 10.2.